The Kier molecular flexibility index (Phi) is 6.30. The number of sulfone groups is 1. The Bertz CT molecular complexity index is 914. The van der Waals surface area contributed by atoms with Crippen LogP contribution in [0.1, 0.15) is 11.1 Å². The molecule has 1 unspecified atom stereocenters. The van der Waals surface area contributed by atoms with Crippen LogP contribution in [0.5, 0.6) is 0 Å². The molecule has 0 N–H and O–H groups in total. The quantitative estimate of drug-likeness (QED) is 0.687. The standard InChI is InChI=1S/C20H21NO6S/c22-19(26-14-17-9-5-2-6-10-17)18(13-16-7-3-1-4-8-16)27-20(23)21-11-12-28(24,25)15-21/h1-10,18H,11-15H2. The molecular formula is C20H21NO6S. The Balaban J connectivity index is 1.67. The number of amides is 1. The van der Waals surface area contributed by atoms with Gasteiger partial charge in [0.1, 0.15) is 12.5 Å². The molecule has 1 aliphatic rings. The monoisotopic (exact) mass is 403 g/mol. The number of esters is 1. The summed E-state index contributed by atoms with van der Waals surface area (Å²) in [4.78, 5) is 26.0. The van der Waals surface area contributed by atoms with Crippen LogP contribution in [0.15, 0.2) is 60.7 Å². The lowest BCUT2D eigenvalue weighted by Crippen LogP contribution is -2.37. The number of hydrogen-bond acceptors (Lipinski definition) is 6. The summed E-state index contributed by atoms with van der Waals surface area (Å²) in [6.45, 7) is 0.110. The van der Waals surface area contributed by atoms with Gasteiger partial charge in [0.2, 0.25) is 6.10 Å². The smallest absolute Gasteiger partial charge is 0.411 e. The Morgan fingerprint density at radius 2 is 1.57 bits per heavy atom. The molecule has 0 bridgehead atoms. The summed E-state index contributed by atoms with van der Waals surface area (Å²) >= 11 is 0. The van der Waals surface area contributed by atoms with Crippen molar-refractivity contribution in [2.24, 2.45) is 0 Å². The third kappa shape index (κ3) is 5.56. The van der Waals surface area contributed by atoms with Crippen LogP contribution in [0.2, 0.25) is 0 Å². The minimum absolute atomic E-state index is 0.0539. The van der Waals surface area contributed by atoms with E-state index in [1.54, 1.807) is 0 Å². The summed E-state index contributed by atoms with van der Waals surface area (Å²) in [7, 11) is -3.29. The van der Waals surface area contributed by atoms with Gasteiger partial charge in [-0.3, -0.25) is 4.90 Å². The predicted octanol–water partition coefficient (Wildman–Crippen LogP) is 2.17. The molecule has 7 nitrogen and oxygen atoms in total. The van der Waals surface area contributed by atoms with Gasteiger partial charge in [0.25, 0.3) is 0 Å². The highest BCUT2D eigenvalue weighted by molar-refractivity contribution is 7.91. The zero-order valence-corrected chi connectivity index (χ0v) is 16.0. The average molecular weight is 403 g/mol. The summed E-state index contributed by atoms with van der Waals surface area (Å²) in [5.41, 5.74) is 1.61. The molecule has 148 valence electrons. The summed E-state index contributed by atoms with van der Waals surface area (Å²) in [5.74, 6) is -1.18. The van der Waals surface area contributed by atoms with E-state index in [-0.39, 0.29) is 25.3 Å². The fourth-order valence-corrected chi connectivity index (χ4v) is 4.12. The Morgan fingerprint density at radius 3 is 2.14 bits per heavy atom. The molecule has 0 spiro atoms. The number of rotatable bonds is 6. The maximum absolute atomic E-state index is 12.6. The fourth-order valence-electron chi connectivity index (χ4n) is 2.78. The molecular weight excluding hydrogens is 382 g/mol. The van der Waals surface area contributed by atoms with Crippen LogP contribution in [0.25, 0.3) is 0 Å². The molecule has 1 atom stereocenters. The van der Waals surface area contributed by atoms with Crippen LogP contribution in [0.3, 0.4) is 0 Å². The van der Waals surface area contributed by atoms with E-state index in [4.69, 9.17) is 9.47 Å². The van der Waals surface area contributed by atoms with Crippen molar-refractivity contribution < 1.29 is 27.5 Å². The van der Waals surface area contributed by atoms with Crippen molar-refractivity contribution in [2.45, 2.75) is 19.1 Å². The van der Waals surface area contributed by atoms with E-state index in [1.807, 2.05) is 60.7 Å². The molecule has 1 aliphatic heterocycles. The first kappa shape index (κ1) is 19.9. The van der Waals surface area contributed by atoms with Crippen molar-refractivity contribution in [2.75, 3.05) is 18.2 Å². The molecule has 2 aromatic carbocycles. The van der Waals surface area contributed by atoms with Crippen LogP contribution < -0.4 is 0 Å². The minimum Gasteiger partial charge on any atom is -0.458 e. The number of nitrogens with zero attached hydrogens (tertiary/aromatic N) is 1. The second-order valence-electron chi connectivity index (χ2n) is 6.50. The maximum atomic E-state index is 12.6. The Hall–Kier alpha value is -2.87. The molecule has 0 aliphatic carbocycles. The van der Waals surface area contributed by atoms with E-state index < -0.39 is 33.9 Å². The van der Waals surface area contributed by atoms with Gasteiger partial charge >= 0.3 is 12.1 Å². The van der Waals surface area contributed by atoms with Crippen molar-refractivity contribution in [3.8, 4) is 0 Å². The first-order chi connectivity index (χ1) is 13.4. The number of carbonyl (C=O) groups is 2. The van der Waals surface area contributed by atoms with Gasteiger partial charge < -0.3 is 9.47 Å². The fraction of sp³-hybridized carbons (Fsp3) is 0.300. The lowest BCUT2D eigenvalue weighted by atomic mass is 10.1. The van der Waals surface area contributed by atoms with Crippen LogP contribution in [0.4, 0.5) is 4.79 Å². The van der Waals surface area contributed by atoms with Crippen LogP contribution in [-0.4, -0.2) is 49.7 Å². The van der Waals surface area contributed by atoms with E-state index in [9.17, 15) is 18.0 Å². The highest BCUT2D eigenvalue weighted by Crippen LogP contribution is 2.14. The molecule has 8 heteroatoms. The van der Waals surface area contributed by atoms with E-state index in [0.717, 1.165) is 16.0 Å². The van der Waals surface area contributed by atoms with Gasteiger partial charge in [-0.25, -0.2) is 18.0 Å². The van der Waals surface area contributed by atoms with Gasteiger partial charge in [0.15, 0.2) is 9.84 Å². The van der Waals surface area contributed by atoms with E-state index in [2.05, 4.69) is 0 Å². The maximum Gasteiger partial charge on any atom is 0.411 e. The third-order valence-corrected chi connectivity index (χ3v) is 5.79. The van der Waals surface area contributed by atoms with Crippen LogP contribution >= 0.6 is 0 Å². The molecule has 28 heavy (non-hydrogen) atoms. The SMILES string of the molecule is O=C(OCc1ccccc1)C(Cc1ccccc1)OC(=O)N1CCS(=O)(=O)C1. The lowest BCUT2D eigenvalue weighted by molar-refractivity contribution is -0.155. The molecule has 0 radical (unpaired) electrons. The summed E-state index contributed by atoms with van der Waals surface area (Å²) in [6.07, 6.45) is -1.86. The van der Waals surface area contributed by atoms with Gasteiger partial charge in [-0.05, 0) is 11.1 Å². The van der Waals surface area contributed by atoms with Crippen molar-refractivity contribution in [3.63, 3.8) is 0 Å². The molecule has 1 saturated heterocycles. The van der Waals surface area contributed by atoms with Gasteiger partial charge in [-0.2, -0.15) is 0 Å². The number of ether oxygens (including phenoxy) is 2. The first-order valence-corrected chi connectivity index (χ1v) is 10.7. The van der Waals surface area contributed by atoms with E-state index >= 15 is 0 Å². The molecule has 0 aromatic heterocycles. The number of carbonyl (C=O) groups excluding carboxylic acids is 2. The predicted molar refractivity (Wildman–Crippen MR) is 102 cm³/mol. The van der Waals surface area contributed by atoms with Crippen molar-refractivity contribution >= 4 is 21.9 Å². The highest BCUT2D eigenvalue weighted by atomic mass is 32.2. The van der Waals surface area contributed by atoms with Crippen LogP contribution in [-0.2, 0) is 37.1 Å². The van der Waals surface area contributed by atoms with Crippen molar-refractivity contribution in [1.29, 1.82) is 0 Å². The largest absolute Gasteiger partial charge is 0.458 e. The van der Waals surface area contributed by atoms with E-state index in [1.165, 1.54) is 0 Å². The number of hydrogen-bond donors (Lipinski definition) is 0. The van der Waals surface area contributed by atoms with Gasteiger partial charge in [-0.15, -0.1) is 0 Å². The summed E-state index contributed by atoms with van der Waals surface area (Å²) in [6, 6.07) is 18.3. The van der Waals surface area contributed by atoms with Crippen molar-refractivity contribution in [3.05, 3.63) is 71.8 Å². The van der Waals surface area contributed by atoms with Crippen LogP contribution in [0, 0.1) is 0 Å². The second kappa shape index (κ2) is 8.88. The third-order valence-electron chi connectivity index (χ3n) is 4.28. The highest BCUT2D eigenvalue weighted by Gasteiger charge is 2.33. The van der Waals surface area contributed by atoms with E-state index in [0.29, 0.717) is 0 Å². The summed E-state index contributed by atoms with van der Waals surface area (Å²) in [5, 5.41) is 0. The molecule has 1 fully saturated rings. The van der Waals surface area contributed by atoms with Gasteiger partial charge in [0, 0.05) is 13.0 Å². The Labute approximate surface area is 163 Å². The Morgan fingerprint density at radius 1 is 0.964 bits per heavy atom. The lowest BCUT2D eigenvalue weighted by Gasteiger charge is -2.20. The first-order valence-electron chi connectivity index (χ1n) is 8.83. The van der Waals surface area contributed by atoms with Gasteiger partial charge in [0.05, 0.1) is 5.75 Å². The average Bonchev–Trinajstić information content (AvgIpc) is 3.07. The topological polar surface area (TPSA) is 90.0 Å². The molecule has 3 rings (SSSR count). The molecule has 1 amide bonds. The molecule has 0 saturated carbocycles. The molecule has 1 heterocycles. The summed E-state index contributed by atoms with van der Waals surface area (Å²) < 4.78 is 33.8. The molecule has 2 aromatic rings. The normalized spacial score (nSPS) is 16.4. The minimum atomic E-state index is -3.29. The van der Waals surface area contributed by atoms with Gasteiger partial charge in [-0.1, -0.05) is 60.7 Å². The number of benzene rings is 2. The zero-order chi connectivity index (χ0) is 20.0. The van der Waals surface area contributed by atoms with Crippen molar-refractivity contribution in [1.82, 2.24) is 4.90 Å². The second-order valence-corrected chi connectivity index (χ2v) is 8.65. The zero-order valence-electron chi connectivity index (χ0n) is 15.2.